The second kappa shape index (κ2) is 10.2. The molecule has 1 rings (SSSR count). The van der Waals surface area contributed by atoms with Crippen molar-refractivity contribution in [1.82, 2.24) is 10.2 Å². The molecule has 0 spiro atoms. The third-order valence-corrected chi connectivity index (χ3v) is 3.26. The van der Waals surface area contributed by atoms with E-state index in [9.17, 15) is 4.79 Å². The summed E-state index contributed by atoms with van der Waals surface area (Å²) in [4.78, 5) is 13.6. The largest absolute Gasteiger partial charge is 0.380 e. The minimum absolute atomic E-state index is 0.0867. The van der Waals surface area contributed by atoms with E-state index in [0.29, 0.717) is 13.0 Å². The van der Waals surface area contributed by atoms with E-state index in [1.54, 1.807) is 0 Å². The number of hydrogen-bond donors (Lipinski definition) is 1. The Morgan fingerprint density at radius 2 is 2.26 bits per heavy atom. The Bertz CT molecular complexity index is 249. The van der Waals surface area contributed by atoms with E-state index in [1.807, 2.05) is 6.92 Å². The minimum atomic E-state index is 0.0867. The van der Waals surface area contributed by atoms with Gasteiger partial charge in [-0.2, -0.15) is 0 Å². The van der Waals surface area contributed by atoms with Crippen LogP contribution < -0.4 is 5.32 Å². The fraction of sp³-hybridized carbons (Fsp3) is 0.929. The zero-order chi connectivity index (χ0) is 13.9. The summed E-state index contributed by atoms with van der Waals surface area (Å²) in [5.74, 6) is 0.0867. The number of nitrogens with one attached hydrogen (secondary N) is 1. The fourth-order valence-electron chi connectivity index (χ4n) is 2.00. The minimum Gasteiger partial charge on any atom is -0.380 e. The predicted molar refractivity (Wildman–Crippen MR) is 75.2 cm³/mol. The van der Waals surface area contributed by atoms with Gasteiger partial charge in [-0.25, -0.2) is 0 Å². The van der Waals surface area contributed by atoms with Crippen molar-refractivity contribution in [1.29, 1.82) is 0 Å². The Hall–Kier alpha value is -0.650. The lowest BCUT2D eigenvalue weighted by Crippen LogP contribution is -2.48. The van der Waals surface area contributed by atoms with E-state index in [0.717, 1.165) is 45.9 Å². The zero-order valence-electron chi connectivity index (χ0n) is 12.3. The lowest BCUT2D eigenvalue weighted by Gasteiger charge is -2.32. The van der Waals surface area contributed by atoms with Gasteiger partial charge in [-0.05, 0) is 6.42 Å². The van der Waals surface area contributed by atoms with Crippen molar-refractivity contribution < 1.29 is 14.3 Å². The molecule has 1 unspecified atom stereocenters. The van der Waals surface area contributed by atoms with E-state index >= 15 is 0 Å². The molecule has 0 saturated carbocycles. The number of amides is 1. The molecule has 0 aromatic rings. The summed E-state index contributed by atoms with van der Waals surface area (Å²) in [6.45, 7) is 9.80. The van der Waals surface area contributed by atoms with E-state index in [2.05, 4.69) is 17.1 Å². The van der Waals surface area contributed by atoms with Crippen LogP contribution in [0.3, 0.4) is 0 Å². The van der Waals surface area contributed by atoms with Crippen molar-refractivity contribution in [2.24, 2.45) is 0 Å². The maximum atomic E-state index is 11.2. The average Bonchev–Trinajstić information content (AvgIpc) is 2.45. The third kappa shape index (κ3) is 7.50. The molecule has 1 saturated heterocycles. The Kier molecular flexibility index (Phi) is 8.79. The van der Waals surface area contributed by atoms with Gasteiger partial charge in [-0.3, -0.25) is 9.69 Å². The van der Waals surface area contributed by atoms with Crippen LogP contribution in [0.25, 0.3) is 0 Å². The number of ether oxygens (including phenoxy) is 2. The van der Waals surface area contributed by atoms with Gasteiger partial charge in [0.25, 0.3) is 0 Å². The molecule has 0 aliphatic carbocycles. The van der Waals surface area contributed by atoms with E-state index in [1.165, 1.54) is 6.42 Å². The van der Waals surface area contributed by atoms with E-state index in [4.69, 9.17) is 9.47 Å². The Morgan fingerprint density at radius 3 is 3.00 bits per heavy atom. The predicted octanol–water partition coefficient (Wildman–Crippen LogP) is 1.03. The standard InChI is InChI=1S/C14H28N2O3/c1-3-5-8-18-9-6-16-7-10-19-13(12-16)11-15-14(17)4-2/h13H,3-12H2,1-2H3,(H,15,17). The highest BCUT2D eigenvalue weighted by Crippen LogP contribution is 2.04. The first kappa shape index (κ1) is 16.4. The van der Waals surface area contributed by atoms with Gasteiger partial charge in [0.15, 0.2) is 0 Å². The van der Waals surface area contributed by atoms with Crippen LogP contribution in [0, 0.1) is 0 Å². The van der Waals surface area contributed by atoms with Crippen LogP contribution in [-0.2, 0) is 14.3 Å². The normalized spacial score (nSPS) is 20.4. The molecular formula is C14H28N2O3. The first-order valence-corrected chi connectivity index (χ1v) is 7.44. The van der Waals surface area contributed by atoms with Crippen molar-refractivity contribution in [3.05, 3.63) is 0 Å². The SMILES string of the molecule is CCCCOCCN1CCOC(CNC(=O)CC)C1. The summed E-state index contributed by atoms with van der Waals surface area (Å²) in [6.07, 6.45) is 2.95. The molecule has 1 fully saturated rings. The van der Waals surface area contributed by atoms with Crippen LogP contribution in [0.1, 0.15) is 33.1 Å². The lowest BCUT2D eigenvalue weighted by atomic mass is 10.2. The number of morpholine rings is 1. The van der Waals surface area contributed by atoms with Gasteiger partial charge in [0.1, 0.15) is 0 Å². The number of rotatable bonds is 9. The maximum absolute atomic E-state index is 11.2. The molecule has 1 heterocycles. The van der Waals surface area contributed by atoms with Crippen molar-refractivity contribution >= 4 is 5.91 Å². The van der Waals surface area contributed by atoms with Gasteiger partial charge < -0.3 is 14.8 Å². The first-order chi connectivity index (χ1) is 9.26. The van der Waals surface area contributed by atoms with Crippen molar-refractivity contribution in [3.63, 3.8) is 0 Å². The van der Waals surface area contributed by atoms with Crippen LogP contribution in [0.4, 0.5) is 0 Å². The molecule has 19 heavy (non-hydrogen) atoms. The van der Waals surface area contributed by atoms with Crippen LogP contribution >= 0.6 is 0 Å². The average molecular weight is 272 g/mol. The monoisotopic (exact) mass is 272 g/mol. The molecule has 0 bridgehead atoms. The lowest BCUT2D eigenvalue weighted by molar-refractivity contribution is -0.122. The van der Waals surface area contributed by atoms with Gasteiger partial charge in [0.2, 0.25) is 5.91 Å². The highest BCUT2D eigenvalue weighted by molar-refractivity contribution is 5.75. The number of unbranched alkanes of at least 4 members (excludes halogenated alkanes) is 1. The fourth-order valence-corrected chi connectivity index (χ4v) is 2.00. The van der Waals surface area contributed by atoms with Gasteiger partial charge in [-0.15, -0.1) is 0 Å². The quantitative estimate of drug-likeness (QED) is 0.637. The number of nitrogens with zero attached hydrogens (tertiary/aromatic N) is 1. The van der Waals surface area contributed by atoms with Crippen molar-refractivity contribution in [3.8, 4) is 0 Å². The zero-order valence-corrected chi connectivity index (χ0v) is 12.3. The molecule has 5 nitrogen and oxygen atoms in total. The highest BCUT2D eigenvalue weighted by atomic mass is 16.5. The molecular weight excluding hydrogens is 244 g/mol. The first-order valence-electron chi connectivity index (χ1n) is 7.44. The number of carbonyl (C=O) groups is 1. The highest BCUT2D eigenvalue weighted by Gasteiger charge is 2.20. The van der Waals surface area contributed by atoms with Gasteiger partial charge in [0, 0.05) is 39.2 Å². The van der Waals surface area contributed by atoms with E-state index in [-0.39, 0.29) is 12.0 Å². The van der Waals surface area contributed by atoms with Gasteiger partial charge in [-0.1, -0.05) is 20.3 Å². The second-order valence-electron chi connectivity index (χ2n) is 4.92. The molecule has 1 aliphatic heterocycles. The summed E-state index contributed by atoms with van der Waals surface area (Å²) >= 11 is 0. The van der Waals surface area contributed by atoms with Gasteiger partial charge >= 0.3 is 0 Å². The Morgan fingerprint density at radius 1 is 1.42 bits per heavy atom. The number of carbonyl (C=O) groups excluding carboxylic acids is 1. The Labute approximate surface area is 116 Å². The molecule has 1 aliphatic rings. The third-order valence-electron chi connectivity index (χ3n) is 3.26. The van der Waals surface area contributed by atoms with Crippen LogP contribution in [-0.4, -0.2) is 62.9 Å². The summed E-state index contributed by atoms with van der Waals surface area (Å²) in [5, 5.41) is 2.88. The second-order valence-corrected chi connectivity index (χ2v) is 4.92. The van der Waals surface area contributed by atoms with Crippen LogP contribution in [0.15, 0.2) is 0 Å². The molecule has 0 aromatic heterocycles. The van der Waals surface area contributed by atoms with Crippen LogP contribution in [0.5, 0.6) is 0 Å². The topological polar surface area (TPSA) is 50.8 Å². The molecule has 1 amide bonds. The Balaban J connectivity index is 2.10. The maximum Gasteiger partial charge on any atom is 0.219 e. The molecule has 1 atom stereocenters. The van der Waals surface area contributed by atoms with Crippen molar-refractivity contribution in [2.75, 3.05) is 46.0 Å². The van der Waals surface area contributed by atoms with E-state index < -0.39 is 0 Å². The summed E-state index contributed by atoms with van der Waals surface area (Å²) < 4.78 is 11.2. The van der Waals surface area contributed by atoms with Crippen LogP contribution in [0.2, 0.25) is 0 Å². The summed E-state index contributed by atoms with van der Waals surface area (Å²) in [5.41, 5.74) is 0. The molecule has 5 heteroatoms. The molecule has 1 N–H and O–H groups in total. The summed E-state index contributed by atoms with van der Waals surface area (Å²) in [6, 6.07) is 0. The van der Waals surface area contributed by atoms with Gasteiger partial charge in [0.05, 0.1) is 19.3 Å². The smallest absolute Gasteiger partial charge is 0.219 e. The molecule has 0 radical (unpaired) electrons. The number of hydrogen-bond acceptors (Lipinski definition) is 4. The molecule has 112 valence electrons. The van der Waals surface area contributed by atoms with Crippen molar-refractivity contribution in [2.45, 2.75) is 39.2 Å². The molecule has 0 aromatic carbocycles. The summed E-state index contributed by atoms with van der Waals surface area (Å²) in [7, 11) is 0.